The Bertz CT molecular complexity index is 864. The van der Waals surface area contributed by atoms with E-state index in [1.165, 1.54) is 38.3 Å². The molecular formula is C18H18N4O5. The number of nitro groups is 1. The Morgan fingerprint density at radius 1 is 1.15 bits per heavy atom. The smallest absolute Gasteiger partial charge is 0.270 e. The summed E-state index contributed by atoms with van der Waals surface area (Å²) < 4.78 is 0. The van der Waals surface area contributed by atoms with Gasteiger partial charge in [-0.1, -0.05) is 17.3 Å². The molecule has 2 aromatic carbocycles. The molecule has 0 bridgehead atoms. The lowest BCUT2D eigenvalue weighted by atomic mass is 10.2. The number of nitro benzene ring substituents is 1. The van der Waals surface area contributed by atoms with Crippen LogP contribution in [0.1, 0.15) is 19.4 Å². The Labute approximate surface area is 155 Å². The summed E-state index contributed by atoms with van der Waals surface area (Å²) in [5, 5.41) is 19.7. The van der Waals surface area contributed by atoms with Gasteiger partial charge in [0.05, 0.1) is 11.1 Å². The van der Waals surface area contributed by atoms with E-state index < -0.39 is 16.9 Å². The lowest BCUT2D eigenvalue weighted by Crippen LogP contribution is -2.26. The van der Waals surface area contributed by atoms with Gasteiger partial charge in [-0.15, -0.1) is 0 Å². The van der Waals surface area contributed by atoms with Gasteiger partial charge in [0.25, 0.3) is 11.6 Å². The highest BCUT2D eigenvalue weighted by Gasteiger charge is 2.14. The molecule has 0 fully saturated rings. The van der Waals surface area contributed by atoms with Gasteiger partial charge in [-0.3, -0.25) is 19.7 Å². The van der Waals surface area contributed by atoms with E-state index in [-0.39, 0.29) is 11.6 Å². The van der Waals surface area contributed by atoms with E-state index in [0.717, 1.165) is 0 Å². The van der Waals surface area contributed by atoms with Crippen molar-refractivity contribution in [3.8, 4) is 0 Å². The minimum absolute atomic E-state index is 0.0625. The van der Waals surface area contributed by atoms with Crippen molar-refractivity contribution in [1.29, 1.82) is 0 Å². The zero-order chi connectivity index (χ0) is 19.8. The highest BCUT2D eigenvalue weighted by atomic mass is 16.6. The molecule has 0 aromatic heterocycles. The minimum atomic E-state index is -0.880. The zero-order valence-electron chi connectivity index (χ0n) is 14.7. The summed E-state index contributed by atoms with van der Waals surface area (Å²) in [6.45, 7) is 2.93. The first-order valence-electron chi connectivity index (χ1n) is 7.97. The second-order valence-electron chi connectivity index (χ2n) is 5.58. The Hall–Kier alpha value is -3.75. The maximum Gasteiger partial charge on any atom is 0.270 e. The van der Waals surface area contributed by atoms with E-state index in [4.69, 9.17) is 4.84 Å². The average molecular weight is 370 g/mol. The van der Waals surface area contributed by atoms with Gasteiger partial charge in [0.15, 0.2) is 0 Å². The van der Waals surface area contributed by atoms with E-state index in [9.17, 15) is 19.7 Å². The minimum Gasteiger partial charge on any atom is -0.383 e. The molecule has 0 aliphatic carbocycles. The Kier molecular flexibility index (Phi) is 6.59. The van der Waals surface area contributed by atoms with Gasteiger partial charge in [-0.2, -0.15) is 0 Å². The van der Waals surface area contributed by atoms with Crippen LogP contribution in [0.2, 0.25) is 0 Å². The molecule has 1 atom stereocenters. The van der Waals surface area contributed by atoms with Crippen LogP contribution in [0, 0.1) is 10.1 Å². The first-order chi connectivity index (χ1) is 12.8. The molecule has 27 heavy (non-hydrogen) atoms. The molecule has 0 saturated heterocycles. The van der Waals surface area contributed by atoms with Crippen molar-refractivity contribution in [3.05, 3.63) is 64.2 Å². The number of nitrogens with one attached hydrogen (secondary N) is 2. The number of nitrogens with zero attached hydrogens (tertiary/aromatic N) is 2. The lowest BCUT2D eigenvalue weighted by molar-refractivity contribution is -0.384. The van der Waals surface area contributed by atoms with Crippen molar-refractivity contribution in [3.63, 3.8) is 0 Å². The largest absolute Gasteiger partial charge is 0.383 e. The van der Waals surface area contributed by atoms with E-state index in [1.54, 1.807) is 30.3 Å². The quantitative estimate of drug-likeness (QED) is 0.441. The molecule has 0 heterocycles. The second-order valence-corrected chi connectivity index (χ2v) is 5.58. The summed E-state index contributed by atoms with van der Waals surface area (Å²) >= 11 is 0. The standard InChI is InChI=1S/C18H18N4O5/c1-12(27-19-11-14-4-3-5-17(10-14)22(25)26)18(24)21-16-8-6-15(7-9-16)20-13(2)23/h3-12H,1-2H3,(H,20,23)(H,21,24)/b19-11-/t12-/m1/s1. The molecule has 2 amide bonds. The second kappa shape index (κ2) is 9.09. The summed E-state index contributed by atoms with van der Waals surface area (Å²) in [6.07, 6.45) is 0.411. The number of oxime groups is 1. The fourth-order valence-electron chi connectivity index (χ4n) is 2.03. The van der Waals surface area contributed by atoms with Gasteiger partial charge in [-0.25, -0.2) is 0 Å². The third-order valence-electron chi connectivity index (χ3n) is 3.34. The van der Waals surface area contributed by atoms with Gasteiger partial charge in [0, 0.05) is 36.0 Å². The van der Waals surface area contributed by atoms with E-state index in [2.05, 4.69) is 15.8 Å². The first kappa shape index (κ1) is 19.6. The van der Waals surface area contributed by atoms with Gasteiger partial charge < -0.3 is 15.5 Å². The summed E-state index contributed by atoms with van der Waals surface area (Å²) in [7, 11) is 0. The Morgan fingerprint density at radius 2 is 1.78 bits per heavy atom. The molecule has 0 aliphatic heterocycles. The summed E-state index contributed by atoms with van der Waals surface area (Å²) in [5.41, 5.74) is 1.57. The summed E-state index contributed by atoms with van der Waals surface area (Å²) in [4.78, 5) is 38.4. The van der Waals surface area contributed by atoms with Gasteiger partial charge in [-0.05, 0) is 31.2 Å². The van der Waals surface area contributed by atoms with Crippen molar-refractivity contribution < 1.29 is 19.3 Å². The number of anilines is 2. The maximum atomic E-state index is 12.1. The van der Waals surface area contributed by atoms with Crippen LogP contribution in [-0.4, -0.2) is 29.1 Å². The number of benzene rings is 2. The number of rotatable bonds is 7. The lowest BCUT2D eigenvalue weighted by Gasteiger charge is -2.11. The van der Waals surface area contributed by atoms with Crippen LogP contribution in [-0.2, 0) is 14.4 Å². The van der Waals surface area contributed by atoms with Gasteiger partial charge >= 0.3 is 0 Å². The normalized spacial score (nSPS) is 11.6. The van der Waals surface area contributed by atoms with Crippen LogP contribution in [0.15, 0.2) is 53.7 Å². The van der Waals surface area contributed by atoms with E-state index >= 15 is 0 Å². The molecule has 0 spiro atoms. The highest BCUT2D eigenvalue weighted by molar-refractivity contribution is 5.94. The third kappa shape index (κ3) is 6.24. The SMILES string of the molecule is CC(=O)Nc1ccc(NC(=O)[C@@H](C)O/N=C\c2cccc([N+](=O)[O-])c2)cc1. The van der Waals surface area contributed by atoms with E-state index in [0.29, 0.717) is 16.9 Å². The maximum absolute atomic E-state index is 12.1. The molecular weight excluding hydrogens is 352 g/mol. The molecule has 0 radical (unpaired) electrons. The number of non-ortho nitro benzene ring substituents is 1. The Balaban J connectivity index is 1.89. The zero-order valence-corrected chi connectivity index (χ0v) is 14.7. The molecule has 9 heteroatoms. The van der Waals surface area contributed by atoms with Crippen LogP contribution in [0.3, 0.4) is 0 Å². The molecule has 9 nitrogen and oxygen atoms in total. The highest BCUT2D eigenvalue weighted by Crippen LogP contribution is 2.14. The Morgan fingerprint density at radius 3 is 2.37 bits per heavy atom. The van der Waals surface area contributed by atoms with Crippen LogP contribution >= 0.6 is 0 Å². The van der Waals surface area contributed by atoms with Gasteiger partial charge in [0.2, 0.25) is 12.0 Å². The molecule has 2 N–H and O–H groups in total. The number of carbonyl (C=O) groups is 2. The molecule has 2 aromatic rings. The van der Waals surface area contributed by atoms with Crippen LogP contribution < -0.4 is 10.6 Å². The van der Waals surface area contributed by atoms with Crippen molar-refractivity contribution >= 4 is 35.1 Å². The van der Waals surface area contributed by atoms with Crippen molar-refractivity contribution in [2.24, 2.45) is 5.16 Å². The van der Waals surface area contributed by atoms with E-state index in [1.807, 2.05) is 0 Å². The van der Waals surface area contributed by atoms with Crippen LogP contribution in [0.4, 0.5) is 17.1 Å². The summed E-state index contributed by atoms with van der Waals surface area (Å²) in [6, 6.07) is 12.5. The topological polar surface area (TPSA) is 123 Å². The molecule has 0 aliphatic rings. The average Bonchev–Trinajstić information content (AvgIpc) is 2.63. The number of amides is 2. The molecule has 2 rings (SSSR count). The fraction of sp³-hybridized carbons (Fsp3) is 0.167. The predicted octanol–water partition coefficient (Wildman–Crippen LogP) is 2.93. The predicted molar refractivity (Wildman–Crippen MR) is 101 cm³/mol. The van der Waals surface area contributed by atoms with Gasteiger partial charge in [0.1, 0.15) is 0 Å². The molecule has 0 saturated carbocycles. The third-order valence-corrected chi connectivity index (χ3v) is 3.34. The number of hydrogen-bond donors (Lipinski definition) is 2. The van der Waals surface area contributed by atoms with Crippen molar-refractivity contribution in [2.45, 2.75) is 20.0 Å². The van der Waals surface area contributed by atoms with Crippen LogP contribution in [0.5, 0.6) is 0 Å². The fourth-order valence-corrected chi connectivity index (χ4v) is 2.03. The summed E-state index contributed by atoms with van der Waals surface area (Å²) in [5.74, 6) is -0.603. The number of carbonyl (C=O) groups excluding carboxylic acids is 2. The monoisotopic (exact) mass is 370 g/mol. The number of hydrogen-bond acceptors (Lipinski definition) is 6. The van der Waals surface area contributed by atoms with Crippen LogP contribution in [0.25, 0.3) is 0 Å². The first-order valence-corrected chi connectivity index (χ1v) is 7.97. The van der Waals surface area contributed by atoms with Crippen molar-refractivity contribution in [2.75, 3.05) is 10.6 Å². The van der Waals surface area contributed by atoms with Crippen molar-refractivity contribution in [1.82, 2.24) is 0 Å². The molecule has 140 valence electrons. The molecule has 0 unspecified atom stereocenters.